The Hall–Kier alpha value is 0. The van der Waals surface area contributed by atoms with Crippen LogP contribution in [0.25, 0.3) is 0 Å². The summed E-state index contributed by atoms with van der Waals surface area (Å²) in [5, 5.41) is 0. The molecule has 0 fully saturated rings. The largest absolute Gasteiger partial charge is 0.0654 e. The third kappa shape index (κ3) is 4.00. The quantitative estimate of drug-likeness (QED) is 0.454. The molecule has 0 radical (unpaired) electrons. The van der Waals surface area contributed by atoms with Crippen molar-refractivity contribution in [3.8, 4) is 0 Å². The lowest BCUT2D eigenvalue weighted by Crippen LogP contribution is -1.81. The van der Waals surface area contributed by atoms with Crippen LogP contribution in [0.2, 0.25) is 0 Å². The molecule has 0 aromatic carbocycles. The fraction of sp³-hybridized carbons (Fsp3) is 1.00. The van der Waals surface area contributed by atoms with Crippen LogP contribution in [0.1, 0.15) is 33.6 Å². The topological polar surface area (TPSA) is 0 Å². The Kier molecular flexibility index (Phi) is 3.20. The number of hydrogen-bond acceptors (Lipinski definition) is 0. The molecule has 0 rings (SSSR count). The Morgan fingerprint density at radius 3 is 1.83 bits per heavy atom. The molecule has 0 saturated carbocycles. The van der Waals surface area contributed by atoms with Crippen molar-refractivity contribution in [2.24, 2.45) is 5.92 Å². The SMILES string of the molecule is CCCC(C)[13CH3]. The smallest absolute Gasteiger partial charge is 0.0471 e. The lowest BCUT2D eigenvalue weighted by atomic mass is 10.2. The van der Waals surface area contributed by atoms with Gasteiger partial charge in [-0.1, -0.05) is 33.6 Å². The molecule has 6 heavy (non-hydrogen) atoms. The molecule has 0 aromatic heterocycles. The first-order chi connectivity index (χ1) is 2.77. The van der Waals surface area contributed by atoms with Crippen molar-refractivity contribution in [2.75, 3.05) is 0 Å². The standard InChI is InChI=1S/C6H14/c1-4-5-6(2)3/h6H,4-5H2,1-3H3/i2+1. The fourth-order valence-electron chi connectivity index (χ4n) is 0.577. The second-order valence-electron chi connectivity index (χ2n) is 2.18. The average molecular weight is 87.2 g/mol. The first-order valence-corrected chi connectivity index (χ1v) is 2.77. The van der Waals surface area contributed by atoms with E-state index in [1.807, 2.05) is 0 Å². The monoisotopic (exact) mass is 87.1 g/mol. The van der Waals surface area contributed by atoms with E-state index in [9.17, 15) is 0 Å². The van der Waals surface area contributed by atoms with Crippen molar-refractivity contribution < 1.29 is 0 Å². The van der Waals surface area contributed by atoms with Gasteiger partial charge >= 0.3 is 0 Å². The minimum absolute atomic E-state index is 0.898. The van der Waals surface area contributed by atoms with E-state index in [4.69, 9.17) is 0 Å². The van der Waals surface area contributed by atoms with Crippen molar-refractivity contribution >= 4 is 0 Å². The Morgan fingerprint density at radius 2 is 1.83 bits per heavy atom. The first kappa shape index (κ1) is 6.00. The van der Waals surface area contributed by atoms with E-state index in [-0.39, 0.29) is 0 Å². The maximum absolute atomic E-state index is 2.25. The van der Waals surface area contributed by atoms with Gasteiger partial charge in [-0.15, -0.1) is 0 Å². The van der Waals surface area contributed by atoms with Gasteiger partial charge in [0, 0.05) is 0 Å². The maximum Gasteiger partial charge on any atom is -0.0471 e. The summed E-state index contributed by atoms with van der Waals surface area (Å²) in [5.74, 6) is 0.898. The van der Waals surface area contributed by atoms with E-state index in [1.165, 1.54) is 12.8 Å². The van der Waals surface area contributed by atoms with Gasteiger partial charge in [0.2, 0.25) is 0 Å². The van der Waals surface area contributed by atoms with Crippen molar-refractivity contribution in [2.45, 2.75) is 33.6 Å². The molecule has 1 atom stereocenters. The minimum Gasteiger partial charge on any atom is -0.0654 e. The van der Waals surface area contributed by atoms with Gasteiger partial charge in [0.25, 0.3) is 0 Å². The first-order valence-electron chi connectivity index (χ1n) is 2.77. The van der Waals surface area contributed by atoms with Crippen molar-refractivity contribution in [3.63, 3.8) is 0 Å². The second-order valence-corrected chi connectivity index (χ2v) is 2.18. The molecule has 0 heterocycles. The molecule has 0 nitrogen and oxygen atoms in total. The molecule has 0 bridgehead atoms. The fourth-order valence-corrected chi connectivity index (χ4v) is 0.577. The molecular weight excluding hydrogens is 73.1 g/mol. The van der Waals surface area contributed by atoms with E-state index >= 15 is 0 Å². The predicted molar refractivity (Wildman–Crippen MR) is 29.7 cm³/mol. The zero-order valence-corrected chi connectivity index (χ0v) is 4.99. The summed E-state index contributed by atoms with van der Waals surface area (Å²) in [5.41, 5.74) is 0. The highest BCUT2D eigenvalue weighted by molar-refractivity contribution is 4.38. The van der Waals surface area contributed by atoms with E-state index < -0.39 is 0 Å². The number of hydrogen-bond donors (Lipinski definition) is 0. The summed E-state index contributed by atoms with van der Waals surface area (Å²) in [6.45, 7) is 6.73. The van der Waals surface area contributed by atoms with E-state index in [1.54, 1.807) is 0 Å². The molecule has 0 heteroatoms. The van der Waals surface area contributed by atoms with Crippen LogP contribution in [0, 0.1) is 5.92 Å². The molecule has 1 unspecified atom stereocenters. The van der Waals surface area contributed by atoms with Gasteiger partial charge in [0.15, 0.2) is 0 Å². The zero-order chi connectivity index (χ0) is 4.99. The van der Waals surface area contributed by atoms with Crippen molar-refractivity contribution in [1.29, 1.82) is 0 Å². The van der Waals surface area contributed by atoms with Crippen LogP contribution in [-0.2, 0) is 0 Å². The van der Waals surface area contributed by atoms with Crippen LogP contribution in [0.15, 0.2) is 0 Å². The van der Waals surface area contributed by atoms with Crippen LogP contribution in [0.3, 0.4) is 0 Å². The zero-order valence-electron chi connectivity index (χ0n) is 4.99. The molecule has 0 aliphatic carbocycles. The van der Waals surface area contributed by atoms with Gasteiger partial charge in [-0.3, -0.25) is 0 Å². The summed E-state index contributed by atoms with van der Waals surface area (Å²) in [6.07, 6.45) is 2.71. The van der Waals surface area contributed by atoms with E-state index in [0.29, 0.717) is 0 Å². The summed E-state index contributed by atoms with van der Waals surface area (Å²) in [7, 11) is 0. The highest BCUT2D eigenvalue weighted by Gasteiger charge is 1.85. The molecule has 0 aliphatic rings. The molecule has 0 aliphatic heterocycles. The molecular formula is C6H14. The summed E-state index contributed by atoms with van der Waals surface area (Å²) in [4.78, 5) is 0. The highest BCUT2D eigenvalue weighted by Crippen LogP contribution is 2.00. The maximum atomic E-state index is 2.25. The Labute approximate surface area is 40.6 Å². The van der Waals surface area contributed by atoms with Crippen LogP contribution < -0.4 is 0 Å². The second kappa shape index (κ2) is 3.20. The predicted octanol–water partition coefficient (Wildman–Crippen LogP) is 2.44. The van der Waals surface area contributed by atoms with Gasteiger partial charge in [0.05, 0.1) is 0 Å². The molecule has 0 spiro atoms. The van der Waals surface area contributed by atoms with Gasteiger partial charge in [-0.25, -0.2) is 0 Å². The Balaban J connectivity index is 2.63. The van der Waals surface area contributed by atoms with Crippen LogP contribution in [0.4, 0.5) is 0 Å². The molecule has 38 valence electrons. The molecule has 0 N–H and O–H groups in total. The third-order valence-electron chi connectivity index (χ3n) is 0.866. The van der Waals surface area contributed by atoms with Crippen molar-refractivity contribution in [3.05, 3.63) is 0 Å². The summed E-state index contributed by atoms with van der Waals surface area (Å²) < 4.78 is 0. The lowest BCUT2D eigenvalue weighted by molar-refractivity contribution is 0.576. The molecule has 0 saturated heterocycles. The minimum atomic E-state index is 0.898. The third-order valence-corrected chi connectivity index (χ3v) is 0.866. The lowest BCUT2D eigenvalue weighted by Gasteiger charge is -1.95. The van der Waals surface area contributed by atoms with Crippen LogP contribution in [0.5, 0.6) is 0 Å². The normalized spacial score (nSPS) is 14.5. The molecule has 0 aromatic rings. The molecule has 0 amide bonds. The Morgan fingerprint density at radius 1 is 1.33 bits per heavy atom. The number of rotatable bonds is 2. The van der Waals surface area contributed by atoms with Gasteiger partial charge in [0.1, 0.15) is 0 Å². The average Bonchev–Trinajstić information content (AvgIpc) is 1.35. The van der Waals surface area contributed by atoms with Gasteiger partial charge < -0.3 is 0 Å². The van der Waals surface area contributed by atoms with Gasteiger partial charge in [-0.05, 0) is 5.92 Å². The van der Waals surface area contributed by atoms with Gasteiger partial charge in [-0.2, -0.15) is 0 Å². The highest BCUT2D eigenvalue weighted by atomic mass is 14.1. The van der Waals surface area contributed by atoms with Crippen molar-refractivity contribution in [1.82, 2.24) is 0 Å². The summed E-state index contributed by atoms with van der Waals surface area (Å²) >= 11 is 0. The van der Waals surface area contributed by atoms with E-state index in [0.717, 1.165) is 5.92 Å². The van der Waals surface area contributed by atoms with E-state index in [2.05, 4.69) is 20.8 Å². The van der Waals surface area contributed by atoms with Crippen LogP contribution in [-0.4, -0.2) is 0 Å². The Bertz CT molecular complexity index is 21.2. The summed E-state index contributed by atoms with van der Waals surface area (Å²) in [6, 6.07) is 0. The van der Waals surface area contributed by atoms with Crippen LogP contribution >= 0.6 is 0 Å².